The van der Waals surface area contributed by atoms with Gasteiger partial charge in [-0.05, 0) is 30.7 Å². The molecule has 94 valence electrons. The number of aliphatic hydroxyl groups excluding tert-OH is 1. The van der Waals surface area contributed by atoms with Crippen LogP contribution in [-0.4, -0.2) is 28.2 Å². The quantitative estimate of drug-likeness (QED) is 0.733. The molecule has 0 saturated heterocycles. The smallest absolute Gasteiger partial charge is 0.221 e. The monoisotopic (exact) mass is 236 g/mol. The number of nitrogens with two attached hydrogens (primary N) is 1. The van der Waals surface area contributed by atoms with Crippen LogP contribution in [0, 0.1) is 11.8 Å². The van der Waals surface area contributed by atoms with Gasteiger partial charge >= 0.3 is 0 Å². The van der Waals surface area contributed by atoms with Gasteiger partial charge in [0.15, 0.2) is 0 Å². The molecular formula is C12H20N4O. The Morgan fingerprint density at radius 2 is 2.12 bits per heavy atom. The van der Waals surface area contributed by atoms with E-state index in [0.717, 1.165) is 18.8 Å². The first-order valence-corrected chi connectivity index (χ1v) is 6.23. The van der Waals surface area contributed by atoms with Crippen molar-refractivity contribution in [1.29, 1.82) is 0 Å². The van der Waals surface area contributed by atoms with Gasteiger partial charge in [0.25, 0.3) is 0 Å². The first kappa shape index (κ1) is 12.1. The summed E-state index contributed by atoms with van der Waals surface area (Å²) in [7, 11) is 0. The third kappa shape index (κ3) is 3.30. The summed E-state index contributed by atoms with van der Waals surface area (Å²) in [4.78, 5) is 7.95. The van der Waals surface area contributed by atoms with Crippen LogP contribution >= 0.6 is 0 Å². The fourth-order valence-corrected chi connectivity index (χ4v) is 2.50. The molecule has 2 rings (SSSR count). The molecule has 1 aliphatic carbocycles. The van der Waals surface area contributed by atoms with E-state index in [-0.39, 0.29) is 12.6 Å². The number of nitrogens with zero attached hydrogens (tertiary/aromatic N) is 2. The van der Waals surface area contributed by atoms with Crippen molar-refractivity contribution in [3.63, 3.8) is 0 Å². The summed E-state index contributed by atoms with van der Waals surface area (Å²) < 4.78 is 0. The summed E-state index contributed by atoms with van der Waals surface area (Å²) >= 11 is 0. The molecule has 5 nitrogen and oxygen atoms in total. The largest absolute Gasteiger partial charge is 0.396 e. The molecule has 5 heteroatoms. The van der Waals surface area contributed by atoms with Gasteiger partial charge in [-0.3, -0.25) is 0 Å². The number of nitrogen functional groups attached to an aromatic ring is 1. The van der Waals surface area contributed by atoms with Crippen molar-refractivity contribution in [2.45, 2.75) is 25.7 Å². The molecule has 0 radical (unpaired) electrons. The minimum atomic E-state index is 0.289. The van der Waals surface area contributed by atoms with Crippen LogP contribution in [-0.2, 0) is 0 Å². The zero-order valence-electron chi connectivity index (χ0n) is 9.97. The molecule has 1 heterocycles. The van der Waals surface area contributed by atoms with E-state index in [9.17, 15) is 5.11 Å². The second-order valence-corrected chi connectivity index (χ2v) is 4.67. The number of anilines is 2. The first-order valence-electron chi connectivity index (χ1n) is 6.23. The van der Waals surface area contributed by atoms with Gasteiger partial charge < -0.3 is 16.2 Å². The number of hydrogen-bond donors (Lipinski definition) is 3. The van der Waals surface area contributed by atoms with E-state index in [1.165, 1.54) is 19.3 Å². The Kier molecular flexibility index (Phi) is 4.14. The third-order valence-electron chi connectivity index (χ3n) is 3.52. The number of nitrogens with one attached hydrogen (secondary N) is 1. The molecule has 0 aliphatic heterocycles. The lowest BCUT2D eigenvalue weighted by Crippen LogP contribution is -2.28. The van der Waals surface area contributed by atoms with Crippen molar-refractivity contribution in [2.75, 3.05) is 24.2 Å². The van der Waals surface area contributed by atoms with E-state index in [1.54, 1.807) is 6.20 Å². The molecule has 1 aromatic heterocycles. The van der Waals surface area contributed by atoms with Crippen molar-refractivity contribution in [1.82, 2.24) is 9.97 Å². The number of rotatable bonds is 4. The second-order valence-electron chi connectivity index (χ2n) is 4.67. The van der Waals surface area contributed by atoms with E-state index < -0.39 is 0 Å². The maximum atomic E-state index is 9.33. The molecule has 2 unspecified atom stereocenters. The van der Waals surface area contributed by atoms with Crippen LogP contribution in [0.4, 0.5) is 11.8 Å². The van der Waals surface area contributed by atoms with E-state index in [4.69, 9.17) is 5.73 Å². The van der Waals surface area contributed by atoms with Crippen molar-refractivity contribution in [3.8, 4) is 0 Å². The van der Waals surface area contributed by atoms with E-state index in [2.05, 4.69) is 15.3 Å². The lowest BCUT2D eigenvalue weighted by atomic mass is 9.79. The highest BCUT2D eigenvalue weighted by molar-refractivity contribution is 5.37. The highest BCUT2D eigenvalue weighted by Crippen LogP contribution is 2.29. The summed E-state index contributed by atoms with van der Waals surface area (Å²) in [6.07, 6.45) is 6.46. The van der Waals surface area contributed by atoms with Gasteiger partial charge in [0.05, 0.1) is 0 Å². The summed E-state index contributed by atoms with van der Waals surface area (Å²) in [5.74, 6) is 2.01. The van der Waals surface area contributed by atoms with Crippen molar-refractivity contribution < 1.29 is 5.11 Å². The Labute approximate surface area is 101 Å². The lowest BCUT2D eigenvalue weighted by molar-refractivity contribution is 0.141. The normalized spacial score (nSPS) is 24.5. The molecule has 0 bridgehead atoms. The minimum absolute atomic E-state index is 0.289. The van der Waals surface area contributed by atoms with Gasteiger partial charge in [0.2, 0.25) is 5.95 Å². The molecule has 4 N–H and O–H groups in total. The van der Waals surface area contributed by atoms with Gasteiger partial charge in [-0.1, -0.05) is 12.8 Å². The highest BCUT2D eigenvalue weighted by Gasteiger charge is 2.24. The topological polar surface area (TPSA) is 84.1 Å². The predicted octanol–water partition coefficient (Wildman–Crippen LogP) is 1.27. The molecule has 1 aromatic rings. The average molecular weight is 236 g/mol. The molecule has 1 saturated carbocycles. The van der Waals surface area contributed by atoms with Crippen LogP contribution in [0.15, 0.2) is 12.3 Å². The van der Waals surface area contributed by atoms with Crippen LogP contribution in [0.3, 0.4) is 0 Å². The Bertz CT molecular complexity index is 358. The van der Waals surface area contributed by atoms with E-state index in [1.807, 2.05) is 6.07 Å². The summed E-state index contributed by atoms with van der Waals surface area (Å²) in [6, 6.07) is 1.81. The second kappa shape index (κ2) is 5.82. The van der Waals surface area contributed by atoms with Gasteiger partial charge in [0.1, 0.15) is 5.82 Å². The van der Waals surface area contributed by atoms with Gasteiger partial charge in [-0.15, -0.1) is 0 Å². The van der Waals surface area contributed by atoms with E-state index in [0.29, 0.717) is 11.8 Å². The van der Waals surface area contributed by atoms with Crippen molar-refractivity contribution >= 4 is 11.8 Å². The Morgan fingerprint density at radius 3 is 2.82 bits per heavy atom. The highest BCUT2D eigenvalue weighted by atomic mass is 16.3. The molecular weight excluding hydrogens is 216 g/mol. The Hall–Kier alpha value is -1.36. The molecule has 1 fully saturated rings. The number of aliphatic hydroxyl groups is 1. The molecule has 17 heavy (non-hydrogen) atoms. The van der Waals surface area contributed by atoms with Gasteiger partial charge in [-0.25, -0.2) is 4.98 Å². The summed E-state index contributed by atoms with van der Waals surface area (Å²) in [5.41, 5.74) is 5.52. The summed E-state index contributed by atoms with van der Waals surface area (Å²) in [5, 5.41) is 12.6. The molecule has 0 spiro atoms. The average Bonchev–Trinajstić information content (AvgIpc) is 2.37. The molecule has 1 aliphatic rings. The molecule has 0 amide bonds. The predicted molar refractivity (Wildman–Crippen MR) is 67.5 cm³/mol. The van der Waals surface area contributed by atoms with Crippen LogP contribution in [0.2, 0.25) is 0 Å². The van der Waals surface area contributed by atoms with Crippen molar-refractivity contribution in [3.05, 3.63) is 12.3 Å². The van der Waals surface area contributed by atoms with Gasteiger partial charge in [0, 0.05) is 19.3 Å². The standard InChI is InChI=1S/C12H20N4O/c13-12-14-6-5-11(16-12)15-7-9-3-1-2-4-10(9)8-17/h5-6,9-10,17H,1-4,7-8H2,(H3,13,14,15,16). The zero-order valence-corrected chi connectivity index (χ0v) is 9.97. The third-order valence-corrected chi connectivity index (χ3v) is 3.52. The van der Waals surface area contributed by atoms with Crippen LogP contribution in [0.1, 0.15) is 25.7 Å². The zero-order chi connectivity index (χ0) is 12.1. The maximum Gasteiger partial charge on any atom is 0.221 e. The van der Waals surface area contributed by atoms with Crippen LogP contribution in [0.25, 0.3) is 0 Å². The SMILES string of the molecule is Nc1nccc(NCC2CCCCC2CO)n1. The lowest BCUT2D eigenvalue weighted by Gasteiger charge is -2.30. The van der Waals surface area contributed by atoms with Gasteiger partial charge in [-0.2, -0.15) is 4.98 Å². The molecule has 0 aromatic carbocycles. The Morgan fingerprint density at radius 1 is 1.35 bits per heavy atom. The van der Waals surface area contributed by atoms with Crippen LogP contribution < -0.4 is 11.1 Å². The Balaban J connectivity index is 1.88. The fraction of sp³-hybridized carbons (Fsp3) is 0.667. The maximum absolute atomic E-state index is 9.33. The molecule has 2 atom stereocenters. The number of hydrogen-bond acceptors (Lipinski definition) is 5. The minimum Gasteiger partial charge on any atom is -0.396 e. The van der Waals surface area contributed by atoms with Crippen molar-refractivity contribution in [2.24, 2.45) is 11.8 Å². The first-order chi connectivity index (χ1) is 8.29. The van der Waals surface area contributed by atoms with E-state index >= 15 is 0 Å². The number of aromatic nitrogens is 2. The van der Waals surface area contributed by atoms with Crippen LogP contribution in [0.5, 0.6) is 0 Å². The summed E-state index contributed by atoms with van der Waals surface area (Å²) in [6.45, 7) is 1.14. The fourth-order valence-electron chi connectivity index (χ4n) is 2.50.